The standard InChI is InChI=1S/C22H19NO2/c1-24-19-9-5-8-17-21(18(23)13-20(25-2)22(17)19)16-11-10-14-6-3-4-7-15(14)12-16/h3-13H,23H2,1-2H3. The van der Waals surface area contributed by atoms with Crippen molar-refractivity contribution in [1.82, 2.24) is 0 Å². The molecule has 4 aromatic carbocycles. The number of hydrogen-bond acceptors (Lipinski definition) is 3. The van der Waals surface area contributed by atoms with E-state index >= 15 is 0 Å². The summed E-state index contributed by atoms with van der Waals surface area (Å²) in [5, 5.41) is 4.35. The maximum atomic E-state index is 6.41. The van der Waals surface area contributed by atoms with Crippen LogP contribution in [-0.2, 0) is 0 Å². The van der Waals surface area contributed by atoms with Crippen molar-refractivity contribution in [2.45, 2.75) is 0 Å². The molecule has 2 N–H and O–H groups in total. The molecule has 0 heterocycles. The van der Waals surface area contributed by atoms with E-state index in [9.17, 15) is 0 Å². The van der Waals surface area contributed by atoms with Crippen LogP contribution in [0.2, 0.25) is 0 Å². The molecule has 25 heavy (non-hydrogen) atoms. The fourth-order valence-corrected chi connectivity index (χ4v) is 3.43. The summed E-state index contributed by atoms with van der Waals surface area (Å²) in [6, 6.07) is 22.6. The highest BCUT2D eigenvalue weighted by molar-refractivity contribution is 6.08. The predicted molar refractivity (Wildman–Crippen MR) is 104 cm³/mol. The molecular weight excluding hydrogens is 310 g/mol. The van der Waals surface area contributed by atoms with Gasteiger partial charge in [0, 0.05) is 17.3 Å². The highest BCUT2D eigenvalue weighted by Crippen LogP contribution is 2.43. The lowest BCUT2D eigenvalue weighted by molar-refractivity contribution is 0.405. The number of benzene rings is 4. The number of nitrogens with two attached hydrogens (primary N) is 1. The molecule has 0 aliphatic carbocycles. The van der Waals surface area contributed by atoms with Crippen LogP contribution in [0, 0.1) is 0 Å². The van der Waals surface area contributed by atoms with Gasteiger partial charge in [0.25, 0.3) is 0 Å². The van der Waals surface area contributed by atoms with Gasteiger partial charge in [-0.3, -0.25) is 0 Å². The summed E-state index contributed by atoms with van der Waals surface area (Å²) in [5.74, 6) is 1.49. The smallest absolute Gasteiger partial charge is 0.132 e. The van der Waals surface area contributed by atoms with Gasteiger partial charge in [0.15, 0.2) is 0 Å². The van der Waals surface area contributed by atoms with Gasteiger partial charge in [0.05, 0.1) is 19.6 Å². The van der Waals surface area contributed by atoms with Crippen LogP contribution in [0.3, 0.4) is 0 Å². The second-order valence-corrected chi connectivity index (χ2v) is 5.99. The third kappa shape index (κ3) is 2.45. The number of hydrogen-bond donors (Lipinski definition) is 1. The van der Waals surface area contributed by atoms with Gasteiger partial charge in [-0.15, -0.1) is 0 Å². The van der Waals surface area contributed by atoms with Crippen LogP contribution in [-0.4, -0.2) is 14.2 Å². The number of methoxy groups -OCH3 is 2. The molecule has 0 unspecified atom stereocenters. The van der Waals surface area contributed by atoms with Crippen LogP contribution in [0.25, 0.3) is 32.7 Å². The van der Waals surface area contributed by atoms with Gasteiger partial charge < -0.3 is 15.2 Å². The molecule has 0 saturated carbocycles. The Balaban J connectivity index is 2.08. The largest absolute Gasteiger partial charge is 0.496 e. The van der Waals surface area contributed by atoms with Crippen LogP contribution >= 0.6 is 0 Å². The monoisotopic (exact) mass is 329 g/mol. The third-order valence-corrected chi connectivity index (χ3v) is 4.60. The predicted octanol–water partition coefficient (Wildman–Crippen LogP) is 5.26. The summed E-state index contributed by atoms with van der Waals surface area (Å²) >= 11 is 0. The Morgan fingerprint density at radius 2 is 1.48 bits per heavy atom. The third-order valence-electron chi connectivity index (χ3n) is 4.60. The molecule has 0 amide bonds. The fraction of sp³-hybridized carbons (Fsp3) is 0.0909. The summed E-state index contributed by atoms with van der Waals surface area (Å²) in [5.41, 5.74) is 9.18. The molecule has 0 saturated heterocycles. The Morgan fingerprint density at radius 1 is 0.720 bits per heavy atom. The zero-order valence-electron chi connectivity index (χ0n) is 14.2. The van der Waals surface area contributed by atoms with Gasteiger partial charge in [-0.25, -0.2) is 0 Å². The van der Waals surface area contributed by atoms with Crippen molar-refractivity contribution in [3.05, 3.63) is 66.7 Å². The Bertz CT molecular complexity index is 1090. The molecule has 3 nitrogen and oxygen atoms in total. The number of rotatable bonds is 3. The molecule has 0 radical (unpaired) electrons. The van der Waals surface area contributed by atoms with Crippen molar-refractivity contribution in [1.29, 1.82) is 0 Å². The zero-order chi connectivity index (χ0) is 17.4. The maximum Gasteiger partial charge on any atom is 0.132 e. The van der Waals surface area contributed by atoms with E-state index in [1.807, 2.05) is 30.3 Å². The Hall–Kier alpha value is -3.20. The SMILES string of the molecule is COc1cccc2c(-c3ccc4ccccc4c3)c(N)cc(OC)c12. The first-order chi connectivity index (χ1) is 12.2. The first-order valence-corrected chi connectivity index (χ1v) is 8.15. The van der Waals surface area contributed by atoms with Crippen molar-refractivity contribution in [2.75, 3.05) is 20.0 Å². The van der Waals surface area contributed by atoms with E-state index < -0.39 is 0 Å². The van der Waals surface area contributed by atoms with Crippen LogP contribution in [0.5, 0.6) is 11.5 Å². The molecule has 4 rings (SSSR count). The number of fused-ring (bicyclic) bond motifs is 2. The van der Waals surface area contributed by atoms with E-state index in [2.05, 4.69) is 36.4 Å². The van der Waals surface area contributed by atoms with E-state index in [0.717, 1.165) is 33.4 Å². The van der Waals surface area contributed by atoms with Gasteiger partial charge in [0.1, 0.15) is 11.5 Å². The summed E-state index contributed by atoms with van der Waals surface area (Å²) in [4.78, 5) is 0. The lowest BCUT2D eigenvalue weighted by Crippen LogP contribution is -1.97. The average Bonchev–Trinajstić information content (AvgIpc) is 2.66. The minimum Gasteiger partial charge on any atom is -0.496 e. The van der Waals surface area contributed by atoms with Gasteiger partial charge in [-0.1, -0.05) is 48.5 Å². The summed E-state index contributed by atoms with van der Waals surface area (Å²) < 4.78 is 11.1. The van der Waals surface area contributed by atoms with E-state index in [1.165, 1.54) is 10.8 Å². The van der Waals surface area contributed by atoms with Crippen molar-refractivity contribution in [2.24, 2.45) is 0 Å². The minimum absolute atomic E-state index is 0.688. The van der Waals surface area contributed by atoms with E-state index in [1.54, 1.807) is 14.2 Å². The summed E-state index contributed by atoms with van der Waals surface area (Å²) in [6.45, 7) is 0. The lowest BCUT2D eigenvalue weighted by atomic mass is 9.94. The van der Waals surface area contributed by atoms with Crippen LogP contribution in [0.15, 0.2) is 66.7 Å². The minimum atomic E-state index is 0.688. The van der Waals surface area contributed by atoms with E-state index in [4.69, 9.17) is 15.2 Å². The lowest BCUT2D eigenvalue weighted by Gasteiger charge is -2.16. The zero-order valence-corrected chi connectivity index (χ0v) is 14.2. The van der Waals surface area contributed by atoms with Gasteiger partial charge >= 0.3 is 0 Å². The molecule has 124 valence electrons. The number of ether oxygens (including phenoxy) is 2. The molecule has 4 aromatic rings. The van der Waals surface area contributed by atoms with Crippen molar-refractivity contribution >= 4 is 27.2 Å². The summed E-state index contributed by atoms with van der Waals surface area (Å²) in [7, 11) is 3.32. The topological polar surface area (TPSA) is 44.5 Å². The molecule has 0 atom stereocenters. The van der Waals surface area contributed by atoms with Crippen LogP contribution in [0.4, 0.5) is 5.69 Å². The summed E-state index contributed by atoms with van der Waals surface area (Å²) in [6.07, 6.45) is 0. The molecule has 0 aliphatic rings. The van der Waals surface area contributed by atoms with E-state index in [-0.39, 0.29) is 0 Å². The van der Waals surface area contributed by atoms with E-state index in [0.29, 0.717) is 5.69 Å². The Kier molecular flexibility index (Phi) is 3.69. The molecular formula is C22H19NO2. The number of anilines is 1. The van der Waals surface area contributed by atoms with Gasteiger partial charge in [-0.05, 0) is 33.9 Å². The molecule has 0 aliphatic heterocycles. The van der Waals surface area contributed by atoms with Crippen LogP contribution in [0.1, 0.15) is 0 Å². The first kappa shape index (κ1) is 15.3. The van der Waals surface area contributed by atoms with Crippen molar-refractivity contribution in [3.8, 4) is 22.6 Å². The highest BCUT2D eigenvalue weighted by Gasteiger charge is 2.16. The molecule has 0 fully saturated rings. The van der Waals surface area contributed by atoms with Crippen molar-refractivity contribution < 1.29 is 9.47 Å². The van der Waals surface area contributed by atoms with Gasteiger partial charge in [0.2, 0.25) is 0 Å². The molecule has 0 spiro atoms. The Morgan fingerprint density at radius 3 is 2.24 bits per heavy atom. The highest BCUT2D eigenvalue weighted by atomic mass is 16.5. The Labute approximate surface area is 146 Å². The molecule has 3 heteroatoms. The first-order valence-electron chi connectivity index (χ1n) is 8.15. The molecule has 0 aromatic heterocycles. The molecule has 0 bridgehead atoms. The quantitative estimate of drug-likeness (QED) is 0.521. The fourth-order valence-electron chi connectivity index (χ4n) is 3.43. The number of nitrogen functional groups attached to an aromatic ring is 1. The maximum absolute atomic E-state index is 6.41. The second kappa shape index (κ2) is 6.02. The second-order valence-electron chi connectivity index (χ2n) is 5.99. The van der Waals surface area contributed by atoms with Crippen LogP contribution < -0.4 is 15.2 Å². The average molecular weight is 329 g/mol. The van der Waals surface area contributed by atoms with Gasteiger partial charge in [-0.2, -0.15) is 0 Å². The van der Waals surface area contributed by atoms with Crippen molar-refractivity contribution in [3.63, 3.8) is 0 Å². The normalized spacial score (nSPS) is 11.0.